The fourth-order valence-electron chi connectivity index (χ4n) is 1.31. The van der Waals surface area contributed by atoms with Gasteiger partial charge >= 0.3 is 6.18 Å². The van der Waals surface area contributed by atoms with E-state index in [1.165, 1.54) is 6.07 Å². The molecule has 0 saturated heterocycles. The molecular weight excluding hydrogens is 255 g/mol. The molecule has 0 bridgehead atoms. The maximum atomic E-state index is 12.0. The van der Waals surface area contributed by atoms with E-state index in [2.05, 4.69) is 9.72 Å². The molecule has 0 spiro atoms. The lowest BCUT2D eigenvalue weighted by Crippen LogP contribution is -2.19. The number of ether oxygens (including phenoxy) is 1. The molecule has 0 unspecified atom stereocenters. The second kappa shape index (κ2) is 6.10. The number of alkyl halides is 4. The first-order chi connectivity index (χ1) is 7.94. The molecule has 17 heavy (non-hydrogen) atoms. The van der Waals surface area contributed by atoms with E-state index in [1.54, 1.807) is 6.07 Å². The number of pyridine rings is 1. The average Bonchev–Trinajstić information content (AvgIpc) is 2.25. The summed E-state index contributed by atoms with van der Waals surface area (Å²) in [5, 5.41) is 0. The van der Waals surface area contributed by atoms with E-state index in [9.17, 15) is 13.2 Å². The summed E-state index contributed by atoms with van der Waals surface area (Å²) in [6.45, 7) is 0.628. The molecular formula is C11H13ClF3NO. The van der Waals surface area contributed by atoms with Crippen molar-refractivity contribution >= 4 is 11.6 Å². The van der Waals surface area contributed by atoms with Crippen molar-refractivity contribution in [3.05, 3.63) is 23.4 Å². The third-order valence-corrected chi connectivity index (χ3v) is 2.27. The lowest BCUT2D eigenvalue weighted by Gasteiger charge is -2.10. The third-order valence-electron chi connectivity index (χ3n) is 1.96. The number of halogens is 4. The summed E-state index contributed by atoms with van der Waals surface area (Å²) in [6, 6.07) is 3.20. The van der Waals surface area contributed by atoms with Gasteiger partial charge in [-0.15, -0.1) is 11.6 Å². The van der Waals surface area contributed by atoms with Gasteiger partial charge in [-0.25, -0.2) is 4.98 Å². The molecule has 0 fully saturated rings. The maximum absolute atomic E-state index is 12.0. The molecule has 1 aromatic heterocycles. The van der Waals surface area contributed by atoms with E-state index in [0.29, 0.717) is 17.7 Å². The summed E-state index contributed by atoms with van der Waals surface area (Å²) in [7, 11) is 0. The van der Waals surface area contributed by atoms with Crippen molar-refractivity contribution in [2.45, 2.75) is 31.8 Å². The monoisotopic (exact) mass is 267 g/mol. The van der Waals surface area contributed by atoms with Crippen LogP contribution in [0.3, 0.4) is 0 Å². The minimum absolute atomic E-state index is 0.0241. The smallest absolute Gasteiger partial charge is 0.422 e. The quantitative estimate of drug-likeness (QED) is 0.759. The van der Waals surface area contributed by atoms with Gasteiger partial charge in [0, 0.05) is 17.6 Å². The highest BCUT2D eigenvalue weighted by Crippen LogP contribution is 2.20. The molecule has 0 saturated carbocycles. The molecule has 0 aliphatic heterocycles. The van der Waals surface area contributed by atoms with Gasteiger partial charge in [-0.2, -0.15) is 13.2 Å². The van der Waals surface area contributed by atoms with E-state index in [-0.39, 0.29) is 11.8 Å². The summed E-state index contributed by atoms with van der Waals surface area (Å²) in [5.74, 6) is 0.200. The van der Waals surface area contributed by atoms with E-state index >= 15 is 0 Å². The predicted molar refractivity (Wildman–Crippen MR) is 59.3 cm³/mol. The van der Waals surface area contributed by atoms with Gasteiger partial charge in [-0.3, -0.25) is 0 Å². The van der Waals surface area contributed by atoms with Crippen LogP contribution in [0.1, 0.15) is 24.6 Å². The summed E-state index contributed by atoms with van der Waals surface area (Å²) in [5.41, 5.74) is 1.41. The van der Waals surface area contributed by atoms with Crippen LogP contribution in [0.4, 0.5) is 13.2 Å². The van der Waals surface area contributed by atoms with Gasteiger partial charge < -0.3 is 4.74 Å². The summed E-state index contributed by atoms with van der Waals surface area (Å²) in [6.07, 6.45) is -2.81. The topological polar surface area (TPSA) is 22.1 Å². The Labute approximate surface area is 103 Å². The molecule has 0 atom stereocenters. The number of aryl methyl sites for hydroxylation is 1. The number of aromatic nitrogens is 1. The van der Waals surface area contributed by atoms with E-state index in [0.717, 1.165) is 6.42 Å². The van der Waals surface area contributed by atoms with Gasteiger partial charge in [0.1, 0.15) is 0 Å². The van der Waals surface area contributed by atoms with E-state index in [1.807, 2.05) is 6.92 Å². The Balaban J connectivity index is 2.79. The van der Waals surface area contributed by atoms with Crippen LogP contribution in [-0.2, 0) is 12.3 Å². The van der Waals surface area contributed by atoms with Crippen molar-refractivity contribution in [2.75, 3.05) is 6.61 Å². The van der Waals surface area contributed by atoms with Crippen LogP contribution in [0.5, 0.6) is 5.88 Å². The summed E-state index contributed by atoms with van der Waals surface area (Å²) >= 11 is 5.66. The highest BCUT2D eigenvalue weighted by atomic mass is 35.5. The molecule has 0 N–H and O–H groups in total. The van der Waals surface area contributed by atoms with Crippen LogP contribution in [0.15, 0.2) is 12.1 Å². The standard InChI is InChI=1S/C11H13ClF3NO/c1-2-3-9-4-8(6-12)5-10(16-9)17-7-11(13,14)15/h4-5H,2-3,6-7H2,1H3. The van der Waals surface area contributed by atoms with Gasteiger partial charge in [-0.05, 0) is 18.1 Å². The number of nitrogens with zero attached hydrogens (tertiary/aromatic N) is 1. The predicted octanol–water partition coefficient (Wildman–Crippen LogP) is 3.71. The summed E-state index contributed by atoms with van der Waals surface area (Å²) < 4.78 is 40.6. The molecule has 0 radical (unpaired) electrons. The van der Waals surface area contributed by atoms with Crippen LogP contribution in [-0.4, -0.2) is 17.8 Å². The minimum Gasteiger partial charge on any atom is -0.468 e. The molecule has 2 nitrogen and oxygen atoms in total. The van der Waals surface area contributed by atoms with Crippen molar-refractivity contribution < 1.29 is 17.9 Å². The molecule has 0 aliphatic rings. The first kappa shape index (κ1) is 14.1. The van der Waals surface area contributed by atoms with Gasteiger partial charge in [0.25, 0.3) is 0 Å². The molecule has 0 aliphatic carbocycles. The van der Waals surface area contributed by atoms with Crippen LogP contribution in [0.25, 0.3) is 0 Å². The second-order valence-corrected chi connectivity index (χ2v) is 3.86. The molecule has 0 amide bonds. The number of rotatable bonds is 5. The van der Waals surface area contributed by atoms with Crippen molar-refractivity contribution in [2.24, 2.45) is 0 Å². The molecule has 96 valence electrons. The Bertz CT molecular complexity index is 368. The van der Waals surface area contributed by atoms with Crippen LogP contribution in [0.2, 0.25) is 0 Å². The normalized spacial score (nSPS) is 11.6. The van der Waals surface area contributed by atoms with Gasteiger partial charge in [0.2, 0.25) is 5.88 Å². The van der Waals surface area contributed by atoms with Gasteiger partial charge in [0.05, 0.1) is 0 Å². The van der Waals surface area contributed by atoms with Crippen LogP contribution in [0, 0.1) is 0 Å². The fraction of sp³-hybridized carbons (Fsp3) is 0.545. The van der Waals surface area contributed by atoms with Crippen molar-refractivity contribution in [3.8, 4) is 5.88 Å². The van der Waals surface area contributed by atoms with Crippen molar-refractivity contribution in [3.63, 3.8) is 0 Å². The van der Waals surface area contributed by atoms with E-state index < -0.39 is 12.8 Å². The number of hydrogen-bond acceptors (Lipinski definition) is 2. The second-order valence-electron chi connectivity index (χ2n) is 3.59. The minimum atomic E-state index is -4.36. The Hall–Kier alpha value is -0.970. The molecule has 1 heterocycles. The molecule has 6 heteroatoms. The van der Waals surface area contributed by atoms with E-state index in [4.69, 9.17) is 11.6 Å². The highest BCUT2D eigenvalue weighted by molar-refractivity contribution is 6.17. The fourth-order valence-corrected chi connectivity index (χ4v) is 1.47. The van der Waals surface area contributed by atoms with Gasteiger partial charge in [0.15, 0.2) is 6.61 Å². The lowest BCUT2D eigenvalue weighted by atomic mass is 10.2. The Morgan fingerprint density at radius 1 is 1.35 bits per heavy atom. The SMILES string of the molecule is CCCc1cc(CCl)cc(OCC(F)(F)F)n1. The average molecular weight is 268 g/mol. The highest BCUT2D eigenvalue weighted by Gasteiger charge is 2.28. The summed E-state index contributed by atoms with van der Waals surface area (Å²) in [4.78, 5) is 3.99. The van der Waals surface area contributed by atoms with Crippen LogP contribution >= 0.6 is 11.6 Å². The third kappa shape index (κ3) is 5.26. The Kier molecular flexibility index (Phi) is 5.05. The van der Waals surface area contributed by atoms with Crippen molar-refractivity contribution in [1.29, 1.82) is 0 Å². The zero-order valence-electron chi connectivity index (χ0n) is 9.35. The zero-order chi connectivity index (χ0) is 12.9. The molecule has 1 aromatic rings. The first-order valence-electron chi connectivity index (χ1n) is 5.20. The first-order valence-corrected chi connectivity index (χ1v) is 5.73. The lowest BCUT2D eigenvalue weighted by molar-refractivity contribution is -0.154. The molecule has 1 rings (SSSR count). The maximum Gasteiger partial charge on any atom is 0.422 e. The Morgan fingerprint density at radius 2 is 2.06 bits per heavy atom. The van der Waals surface area contributed by atoms with Gasteiger partial charge in [-0.1, -0.05) is 13.3 Å². The molecule has 0 aromatic carbocycles. The Morgan fingerprint density at radius 3 is 2.59 bits per heavy atom. The van der Waals surface area contributed by atoms with Crippen molar-refractivity contribution in [1.82, 2.24) is 4.98 Å². The number of hydrogen-bond donors (Lipinski definition) is 0. The van der Waals surface area contributed by atoms with Crippen LogP contribution < -0.4 is 4.74 Å². The zero-order valence-corrected chi connectivity index (χ0v) is 10.1. The largest absolute Gasteiger partial charge is 0.468 e.